The molecule has 0 spiro atoms. The smallest absolute Gasteiger partial charge is 0.123 e. The summed E-state index contributed by atoms with van der Waals surface area (Å²) >= 11 is 0. The molecular formula is C18H27FN2. The molecule has 21 heavy (non-hydrogen) atoms. The first kappa shape index (κ1) is 15.0. The fourth-order valence-corrected chi connectivity index (χ4v) is 3.96. The summed E-state index contributed by atoms with van der Waals surface area (Å²) in [5.41, 5.74) is 2.44. The lowest BCUT2D eigenvalue weighted by Crippen LogP contribution is -2.38. The van der Waals surface area contributed by atoms with E-state index in [1.807, 2.05) is 13.1 Å². The molecule has 116 valence electrons. The third-order valence-corrected chi connectivity index (χ3v) is 5.08. The van der Waals surface area contributed by atoms with E-state index in [2.05, 4.69) is 17.1 Å². The second-order valence-electron chi connectivity index (χ2n) is 6.73. The lowest BCUT2D eigenvalue weighted by atomic mass is 9.86. The number of nitrogens with zero attached hydrogens (tertiary/aromatic N) is 1. The van der Waals surface area contributed by atoms with Crippen LogP contribution in [0.2, 0.25) is 0 Å². The molecule has 1 N–H and O–H groups in total. The molecule has 2 nitrogen and oxygen atoms in total. The summed E-state index contributed by atoms with van der Waals surface area (Å²) in [5.74, 6) is 0.510. The zero-order valence-electron chi connectivity index (χ0n) is 13.2. The van der Waals surface area contributed by atoms with Gasteiger partial charge in [-0.3, -0.25) is 4.90 Å². The summed E-state index contributed by atoms with van der Waals surface area (Å²) in [7, 11) is 2.04. The first-order valence-electron chi connectivity index (χ1n) is 8.37. The van der Waals surface area contributed by atoms with Crippen LogP contribution in [0.25, 0.3) is 0 Å². The summed E-state index contributed by atoms with van der Waals surface area (Å²) in [6.07, 6.45) is 6.55. The summed E-state index contributed by atoms with van der Waals surface area (Å²) < 4.78 is 13.5. The molecule has 1 aliphatic heterocycles. The van der Waals surface area contributed by atoms with E-state index in [9.17, 15) is 4.39 Å². The van der Waals surface area contributed by atoms with Crippen molar-refractivity contribution in [2.24, 2.45) is 5.92 Å². The standard InChI is InChI=1S/C18H27FN2/c1-13-11-15(19)6-9-17(13)18-14(12-20-2)5-3-4-10-21(18)16-7-8-16/h6,9,11,14,16,18,20H,3-5,7-8,10,12H2,1-2H3. The zero-order valence-corrected chi connectivity index (χ0v) is 13.2. The number of nitrogens with one attached hydrogen (secondary N) is 1. The highest BCUT2D eigenvalue weighted by Crippen LogP contribution is 2.42. The van der Waals surface area contributed by atoms with Gasteiger partial charge < -0.3 is 5.32 Å². The predicted molar refractivity (Wildman–Crippen MR) is 84.9 cm³/mol. The molecule has 3 heteroatoms. The van der Waals surface area contributed by atoms with Gasteiger partial charge in [-0.1, -0.05) is 12.5 Å². The van der Waals surface area contributed by atoms with Crippen molar-refractivity contribution in [2.75, 3.05) is 20.1 Å². The maximum atomic E-state index is 13.5. The highest BCUT2D eigenvalue weighted by molar-refractivity contribution is 5.31. The highest BCUT2D eigenvalue weighted by atomic mass is 19.1. The van der Waals surface area contributed by atoms with Crippen molar-refractivity contribution in [2.45, 2.75) is 51.1 Å². The van der Waals surface area contributed by atoms with Gasteiger partial charge in [0, 0.05) is 12.1 Å². The molecule has 1 saturated heterocycles. The van der Waals surface area contributed by atoms with Gasteiger partial charge in [-0.2, -0.15) is 0 Å². The minimum Gasteiger partial charge on any atom is -0.319 e. The normalized spacial score (nSPS) is 27.6. The largest absolute Gasteiger partial charge is 0.319 e. The number of benzene rings is 1. The molecule has 3 rings (SSSR count). The molecule has 0 radical (unpaired) electrons. The van der Waals surface area contributed by atoms with Crippen LogP contribution < -0.4 is 5.32 Å². The van der Waals surface area contributed by atoms with Crippen molar-refractivity contribution >= 4 is 0 Å². The monoisotopic (exact) mass is 290 g/mol. The fourth-order valence-electron chi connectivity index (χ4n) is 3.96. The molecule has 1 heterocycles. The Labute approximate surface area is 127 Å². The number of hydrogen-bond donors (Lipinski definition) is 1. The third kappa shape index (κ3) is 3.29. The summed E-state index contributed by atoms with van der Waals surface area (Å²) in [5, 5.41) is 3.37. The van der Waals surface area contributed by atoms with E-state index >= 15 is 0 Å². The van der Waals surface area contributed by atoms with E-state index in [0.29, 0.717) is 12.0 Å². The minimum atomic E-state index is -0.118. The predicted octanol–water partition coefficient (Wildman–Crippen LogP) is 3.66. The fraction of sp³-hybridized carbons (Fsp3) is 0.667. The van der Waals surface area contributed by atoms with Gasteiger partial charge in [-0.25, -0.2) is 4.39 Å². The Bertz CT molecular complexity index is 484. The van der Waals surface area contributed by atoms with Gasteiger partial charge in [0.25, 0.3) is 0 Å². The van der Waals surface area contributed by atoms with Crippen LogP contribution >= 0.6 is 0 Å². The van der Waals surface area contributed by atoms with Gasteiger partial charge in [0.2, 0.25) is 0 Å². The molecule has 2 unspecified atom stereocenters. The van der Waals surface area contributed by atoms with Gasteiger partial charge in [-0.15, -0.1) is 0 Å². The van der Waals surface area contributed by atoms with Crippen molar-refractivity contribution in [3.63, 3.8) is 0 Å². The van der Waals surface area contributed by atoms with Crippen molar-refractivity contribution < 1.29 is 4.39 Å². The van der Waals surface area contributed by atoms with Crippen LogP contribution in [0.3, 0.4) is 0 Å². The van der Waals surface area contributed by atoms with Crippen molar-refractivity contribution in [1.82, 2.24) is 10.2 Å². The number of halogens is 1. The van der Waals surface area contributed by atoms with Crippen LogP contribution in [0.5, 0.6) is 0 Å². The Kier molecular flexibility index (Phi) is 4.60. The molecule has 2 aliphatic rings. The summed E-state index contributed by atoms with van der Waals surface area (Å²) in [6, 6.07) is 6.57. The van der Waals surface area contributed by atoms with E-state index < -0.39 is 0 Å². The second kappa shape index (κ2) is 6.45. The van der Waals surface area contributed by atoms with Crippen LogP contribution in [-0.4, -0.2) is 31.1 Å². The van der Waals surface area contributed by atoms with E-state index in [1.165, 1.54) is 44.2 Å². The van der Waals surface area contributed by atoms with Crippen molar-refractivity contribution in [1.29, 1.82) is 0 Å². The van der Waals surface area contributed by atoms with E-state index in [0.717, 1.165) is 18.2 Å². The van der Waals surface area contributed by atoms with Gasteiger partial charge in [-0.05, 0) is 81.9 Å². The first-order valence-corrected chi connectivity index (χ1v) is 8.37. The van der Waals surface area contributed by atoms with Gasteiger partial charge >= 0.3 is 0 Å². The Morgan fingerprint density at radius 2 is 2.05 bits per heavy atom. The molecule has 1 saturated carbocycles. The number of likely N-dealkylation sites (tertiary alicyclic amines) is 1. The molecule has 0 bridgehead atoms. The van der Waals surface area contributed by atoms with Crippen LogP contribution in [0, 0.1) is 18.7 Å². The second-order valence-corrected chi connectivity index (χ2v) is 6.73. The Hall–Kier alpha value is -0.930. The van der Waals surface area contributed by atoms with Crippen LogP contribution in [-0.2, 0) is 0 Å². The number of rotatable bonds is 4. The maximum absolute atomic E-state index is 13.5. The maximum Gasteiger partial charge on any atom is 0.123 e. The quantitative estimate of drug-likeness (QED) is 0.910. The lowest BCUT2D eigenvalue weighted by molar-refractivity contribution is 0.145. The topological polar surface area (TPSA) is 15.3 Å². The average molecular weight is 290 g/mol. The molecule has 0 aromatic heterocycles. The zero-order chi connectivity index (χ0) is 14.8. The molecule has 1 aromatic carbocycles. The van der Waals surface area contributed by atoms with E-state index in [-0.39, 0.29) is 5.82 Å². The average Bonchev–Trinajstić information content (AvgIpc) is 3.26. The number of aryl methyl sites for hydroxylation is 1. The lowest BCUT2D eigenvalue weighted by Gasteiger charge is -2.36. The van der Waals surface area contributed by atoms with Crippen LogP contribution in [0.15, 0.2) is 18.2 Å². The Morgan fingerprint density at radius 3 is 2.71 bits per heavy atom. The van der Waals surface area contributed by atoms with Gasteiger partial charge in [0.05, 0.1) is 0 Å². The third-order valence-electron chi connectivity index (χ3n) is 5.08. The van der Waals surface area contributed by atoms with E-state index in [4.69, 9.17) is 0 Å². The van der Waals surface area contributed by atoms with Crippen LogP contribution in [0.1, 0.15) is 49.3 Å². The van der Waals surface area contributed by atoms with Crippen molar-refractivity contribution in [3.05, 3.63) is 35.1 Å². The van der Waals surface area contributed by atoms with E-state index in [1.54, 1.807) is 12.1 Å². The first-order chi connectivity index (χ1) is 10.2. The number of hydrogen-bond acceptors (Lipinski definition) is 2. The van der Waals surface area contributed by atoms with Gasteiger partial charge in [0.15, 0.2) is 0 Å². The minimum absolute atomic E-state index is 0.118. The molecule has 2 atom stereocenters. The highest BCUT2D eigenvalue weighted by Gasteiger charge is 2.39. The van der Waals surface area contributed by atoms with Crippen LogP contribution in [0.4, 0.5) is 4.39 Å². The molecule has 0 amide bonds. The molecule has 2 fully saturated rings. The Balaban J connectivity index is 1.96. The Morgan fingerprint density at radius 1 is 1.24 bits per heavy atom. The summed E-state index contributed by atoms with van der Waals surface area (Å²) in [4.78, 5) is 2.72. The molecule has 1 aliphatic carbocycles. The molecule has 1 aromatic rings. The van der Waals surface area contributed by atoms with Gasteiger partial charge in [0.1, 0.15) is 5.82 Å². The van der Waals surface area contributed by atoms with Crippen molar-refractivity contribution in [3.8, 4) is 0 Å². The summed E-state index contributed by atoms with van der Waals surface area (Å²) in [6.45, 7) is 4.31. The molecular weight excluding hydrogens is 263 g/mol. The SMILES string of the molecule is CNCC1CCCCN(C2CC2)C1c1ccc(F)cc1C.